The van der Waals surface area contributed by atoms with Gasteiger partial charge in [-0.25, -0.2) is 8.42 Å². The summed E-state index contributed by atoms with van der Waals surface area (Å²) < 4.78 is 26.3. The quantitative estimate of drug-likeness (QED) is 0.335. The lowest BCUT2D eigenvalue weighted by Gasteiger charge is -2.32. The lowest BCUT2D eigenvalue weighted by Crippen LogP contribution is -2.52. The number of amides is 2. The summed E-state index contributed by atoms with van der Waals surface area (Å²) in [7, 11) is -4.01. The summed E-state index contributed by atoms with van der Waals surface area (Å²) in [6.45, 7) is 0.798. The monoisotopic (exact) mass is 627 g/mol. The number of halogens is 5. The minimum atomic E-state index is -4.01. The van der Waals surface area contributed by atoms with Crippen LogP contribution in [0.3, 0.4) is 0 Å². The van der Waals surface area contributed by atoms with E-state index in [-0.39, 0.29) is 39.2 Å². The van der Waals surface area contributed by atoms with E-state index in [0.717, 1.165) is 36.2 Å². The van der Waals surface area contributed by atoms with Crippen molar-refractivity contribution in [2.45, 2.75) is 51.2 Å². The number of rotatable bonds is 9. The molecule has 0 aromatic heterocycles. The standard InChI is InChI=1S/C24H26Cl5N3O4S/c1-14(24(34)30-15-6-3-4-7-15)31(12-16-17(25)8-5-9-18(16)26)23(33)13-32(37(2,35)36)22-11-20(28)19(27)10-21(22)29/h5,8-11,14-15H,3-4,6-7,12-13H2,1-2H3,(H,30,34)/t14-/m0/s1. The number of hydrogen-bond donors (Lipinski definition) is 1. The minimum Gasteiger partial charge on any atom is -0.352 e. The zero-order chi connectivity index (χ0) is 27.5. The van der Waals surface area contributed by atoms with Crippen LogP contribution < -0.4 is 9.62 Å². The lowest BCUT2D eigenvalue weighted by molar-refractivity contribution is -0.139. The van der Waals surface area contributed by atoms with E-state index >= 15 is 0 Å². The maximum Gasteiger partial charge on any atom is 0.244 e. The normalized spacial score (nSPS) is 14.9. The van der Waals surface area contributed by atoms with E-state index in [0.29, 0.717) is 15.6 Å². The molecule has 0 heterocycles. The summed E-state index contributed by atoms with van der Waals surface area (Å²) in [6.07, 6.45) is 4.70. The van der Waals surface area contributed by atoms with Crippen LogP contribution in [-0.2, 0) is 26.2 Å². The van der Waals surface area contributed by atoms with E-state index in [1.54, 1.807) is 25.1 Å². The van der Waals surface area contributed by atoms with Gasteiger partial charge in [0, 0.05) is 28.2 Å². The van der Waals surface area contributed by atoms with Crippen molar-refractivity contribution in [3.05, 3.63) is 61.0 Å². The molecule has 1 aliphatic rings. The topological polar surface area (TPSA) is 86.8 Å². The van der Waals surface area contributed by atoms with E-state index in [2.05, 4.69) is 5.32 Å². The average Bonchev–Trinajstić information content (AvgIpc) is 3.31. The van der Waals surface area contributed by atoms with E-state index in [9.17, 15) is 18.0 Å². The number of benzene rings is 2. The Morgan fingerprint density at radius 2 is 1.54 bits per heavy atom. The predicted molar refractivity (Wildman–Crippen MR) is 151 cm³/mol. The average molecular weight is 630 g/mol. The Kier molecular flexibility index (Phi) is 10.3. The van der Waals surface area contributed by atoms with Gasteiger partial charge in [-0.05, 0) is 44.0 Å². The van der Waals surface area contributed by atoms with Crippen LogP contribution in [0.1, 0.15) is 38.2 Å². The molecule has 1 aliphatic carbocycles. The van der Waals surface area contributed by atoms with Gasteiger partial charge in [-0.2, -0.15) is 0 Å². The molecule has 1 saturated carbocycles. The zero-order valence-electron chi connectivity index (χ0n) is 20.1. The molecule has 2 amide bonds. The molecule has 0 radical (unpaired) electrons. The first kappa shape index (κ1) is 30.1. The van der Waals surface area contributed by atoms with Gasteiger partial charge in [-0.1, -0.05) is 76.9 Å². The van der Waals surface area contributed by atoms with Crippen LogP contribution in [0.2, 0.25) is 25.1 Å². The first-order valence-electron chi connectivity index (χ1n) is 11.4. The molecule has 3 rings (SSSR count). The fourth-order valence-corrected chi connectivity index (χ4v) is 6.19. The Morgan fingerprint density at radius 3 is 2.11 bits per heavy atom. The van der Waals surface area contributed by atoms with Crippen molar-refractivity contribution in [3.8, 4) is 0 Å². The van der Waals surface area contributed by atoms with Gasteiger partial charge in [0.05, 0.1) is 27.0 Å². The van der Waals surface area contributed by atoms with Crippen molar-refractivity contribution in [2.75, 3.05) is 17.1 Å². The zero-order valence-corrected chi connectivity index (χ0v) is 24.7. The van der Waals surface area contributed by atoms with Crippen LogP contribution in [0.25, 0.3) is 0 Å². The predicted octanol–water partition coefficient (Wildman–Crippen LogP) is 6.20. The smallest absolute Gasteiger partial charge is 0.244 e. The van der Waals surface area contributed by atoms with Crippen molar-refractivity contribution >= 4 is 85.5 Å². The van der Waals surface area contributed by atoms with Crippen LogP contribution >= 0.6 is 58.0 Å². The molecule has 0 unspecified atom stereocenters. The van der Waals surface area contributed by atoms with Crippen molar-refractivity contribution < 1.29 is 18.0 Å². The summed E-state index contributed by atoms with van der Waals surface area (Å²) in [6, 6.07) is 6.53. The van der Waals surface area contributed by atoms with Gasteiger partial charge in [0.2, 0.25) is 21.8 Å². The van der Waals surface area contributed by atoms with Gasteiger partial charge in [0.15, 0.2) is 0 Å². The van der Waals surface area contributed by atoms with Crippen molar-refractivity contribution in [1.29, 1.82) is 0 Å². The van der Waals surface area contributed by atoms with E-state index in [1.165, 1.54) is 17.0 Å². The van der Waals surface area contributed by atoms with E-state index in [1.807, 2.05) is 0 Å². The highest BCUT2D eigenvalue weighted by atomic mass is 35.5. The molecule has 0 bridgehead atoms. The number of hydrogen-bond acceptors (Lipinski definition) is 4. The molecular formula is C24H26Cl5N3O4S. The second kappa shape index (κ2) is 12.6. The Morgan fingerprint density at radius 1 is 0.973 bits per heavy atom. The summed E-state index contributed by atoms with van der Waals surface area (Å²) in [5.41, 5.74) is 0.406. The van der Waals surface area contributed by atoms with Gasteiger partial charge >= 0.3 is 0 Å². The van der Waals surface area contributed by atoms with Crippen LogP contribution in [0.4, 0.5) is 5.69 Å². The Bertz CT molecular complexity index is 1270. The second-order valence-electron chi connectivity index (χ2n) is 8.88. The lowest BCUT2D eigenvalue weighted by atomic mass is 10.1. The van der Waals surface area contributed by atoms with Crippen molar-refractivity contribution in [3.63, 3.8) is 0 Å². The van der Waals surface area contributed by atoms with Crippen LogP contribution in [-0.4, -0.2) is 50.0 Å². The molecule has 202 valence electrons. The number of sulfonamides is 1. The fourth-order valence-electron chi connectivity index (χ4n) is 4.13. The van der Waals surface area contributed by atoms with E-state index < -0.39 is 28.5 Å². The molecule has 7 nitrogen and oxygen atoms in total. The summed E-state index contributed by atoms with van der Waals surface area (Å²) in [5.74, 6) is -1.03. The van der Waals surface area contributed by atoms with Crippen molar-refractivity contribution in [2.24, 2.45) is 0 Å². The van der Waals surface area contributed by atoms with Gasteiger partial charge in [-0.3, -0.25) is 13.9 Å². The number of carbonyl (C=O) groups is 2. The fraction of sp³-hybridized carbons (Fsp3) is 0.417. The SMILES string of the molecule is C[C@@H](C(=O)NC1CCCC1)N(Cc1c(Cl)cccc1Cl)C(=O)CN(c1cc(Cl)c(Cl)cc1Cl)S(C)(=O)=O. The molecule has 0 aliphatic heterocycles. The molecule has 1 atom stereocenters. The van der Waals surface area contributed by atoms with Gasteiger partial charge in [-0.15, -0.1) is 0 Å². The van der Waals surface area contributed by atoms with Crippen LogP contribution in [0, 0.1) is 0 Å². The third kappa shape index (κ3) is 7.58. The van der Waals surface area contributed by atoms with Gasteiger partial charge in [0.1, 0.15) is 12.6 Å². The number of nitrogens with zero attached hydrogens (tertiary/aromatic N) is 2. The third-order valence-electron chi connectivity index (χ3n) is 6.20. The van der Waals surface area contributed by atoms with Crippen LogP contribution in [0.5, 0.6) is 0 Å². The third-order valence-corrected chi connectivity index (χ3v) is 9.06. The van der Waals surface area contributed by atoms with Crippen molar-refractivity contribution in [1.82, 2.24) is 10.2 Å². The molecule has 1 fully saturated rings. The van der Waals surface area contributed by atoms with E-state index in [4.69, 9.17) is 58.0 Å². The summed E-state index contributed by atoms with van der Waals surface area (Å²) >= 11 is 31.1. The molecule has 0 saturated heterocycles. The summed E-state index contributed by atoms with van der Waals surface area (Å²) in [4.78, 5) is 28.1. The maximum atomic E-state index is 13.7. The minimum absolute atomic E-state index is 0.0136. The second-order valence-corrected chi connectivity index (χ2v) is 12.8. The Labute approximate surface area is 242 Å². The first-order valence-corrected chi connectivity index (χ1v) is 15.2. The highest BCUT2D eigenvalue weighted by Gasteiger charge is 2.33. The maximum absolute atomic E-state index is 13.7. The Hall–Kier alpha value is -1.42. The highest BCUT2D eigenvalue weighted by Crippen LogP contribution is 2.36. The number of nitrogens with one attached hydrogen (secondary N) is 1. The molecular weight excluding hydrogens is 604 g/mol. The number of carbonyl (C=O) groups excluding carboxylic acids is 2. The summed E-state index contributed by atoms with van der Waals surface area (Å²) in [5, 5.41) is 3.77. The van der Waals surface area contributed by atoms with Gasteiger partial charge < -0.3 is 10.2 Å². The molecule has 0 spiro atoms. The molecule has 1 N–H and O–H groups in total. The molecule has 37 heavy (non-hydrogen) atoms. The first-order chi connectivity index (χ1) is 17.3. The molecule has 13 heteroatoms. The number of anilines is 1. The largest absolute Gasteiger partial charge is 0.352 e. The van der Waals surface area contributed by atoms with Crippen LogP contribution in [0.15, 0.2) is 30.3 Å². The highest BCUT2D eigenvalue weighted by molar-refractivity contribution is 7.92. The molecule has 2 aromatic rings. The Balaban J connectivity index is 1.97. The molecule has 2 aromatic carbocycles. The van der Waals surface area contributed by atoms with Gasteiger partial charge in [0.25, 0.3) is 0 Å².